The molecule has 118 valence electrons. The number of anilines is 1. The van der Waals surface area contributed by atoms with E-state index in [4.69, 9.17) is 15.1 Å². The Morgan fingerprint density at radius 3 is 2.74 bits per heavy atom. The van der Waals surface area contributed by atoms with Gasteiger partial charge in [-0.25, -0.2) is 10.3 Å². The minimum Gasteiger partial charge on any atom is -0.434 e. The van der Waals surface area contributed by atoms with Gasteiger partial charge in [-0.1, -0.05) is 11.8 Å². The van der Waals surface area contributed by atoms with Crippen molar-refractivity contribution in [1.29, 1.82) is 0 Å². The van der Waals surface area contributed by atoms with Gasteiger partial charge >= 0.3 is 6.09 Å². The van der Waals surface area contributed by atoms with Gasteiger partial charge in [0.05, 0.1) is 13.2 Å². The molecular formula is C16H14N2O5. The molecule has 1 heterocycles. The SMILES string of the molecule is O=C(NO)[C@@H]1CN(c2ccc(C#CC#CCCO)cc2)C(=O)O1. The third kappa shape index (κ3) is 4.24. The molecule has 1 fully saturated rings. The highest BCUT2D eigenvalue weighted by atomic mass is 16.6. The summed E-state index contributed by atoms with van der Waals surface area (Å²) in [6, 6.07) is 6.77. The molecule has 1 saturated heterocycles. The summed E-state index contributed by atoms with van der Waals surface area (Å²) in [5, 5.41) is 17.1. The molecule has 0 unspecified atom stereocenters. The van der Waals surface area contributed by atoms with Crippen LogP contribution in [0.4, 0.5) is 10.5 Å². The van der Waals surface area contributed by atoms with Crippen molar-refractivity contribution in [2.24, 2.45) is 0 Å². The number of nitrogens with one attached hydrogen (secondary N) is 1. The Balaban J connectivity index is 2.04. The maximum absolute atomic E-state index is 11.7. The van der Waals surface area contributed by atoms with Crippen LogP contribution in [-0.2, 0) is 9.53 Å². The number of hydrogen-bond donors (Lipinski definition) is 3. The summed E-state index contributed by atoms with van der Waals surface area (Å²) < 4.78 is 4.86. The second-order valence-electron chi connectivity index (χ2n) is 4.53. The summed E-state index contributed by atoms with van der Waals surface area (Å²) in [7, 11) is 0. The molecule has 0 spiro atoms. The average Bonchev–Trinajstić information content (AvgIpc) is 2.96. The van der Waals surface area contributed by atoms with Crippen molar-refractivity contribution in [3.05, 3.63) is 29.8 Å². The molecule has 1 aliphatic rings. The van der Waals surface area contributed by atoms with E-state index in [1.54, 1.807) is 24.3 Å². The normalized spacial score (nSPS) is 15.8. The van der Waals surface area contributed by atoms with Gasteiger partial charge in [0.15, 0.2) is 0 Å². The molecule has 0 saturated carbocycles. The lowest BCUT2D eigenvalue weighted by molar-refractivity contribution is -0.136. The van der Waals surface area contributed by atoms with Gasteiger partial charge in [-0.05, 0) is 36.1 Å². The van der Waals surface area contributed by atoms with Crippen LogP contribution >= 0.6 is 0 Å². The van der Waals surface area contributed by atoms with E-state index >= 15 is 0 Å². The topological polar surface area (TPSA) is 99.1 Å². The van der Waals surface area contributed by atoms with E-state index in [0.29, 0.717) is 17.7 Å². The van der Waals surface area contributed by atoms with Crippen molar-refractivity contribution < 1.29 is 24.6 Å². The van der Waals surface area contributed by atoms with Crippen LogP contribution in [0.15, 0.2) is 24.3 Å². The lowest BCUT2D eigenvalue weighted by Gasteiger charge is -2.12. The van der Waals surface area contributed by atoms with Gasteiger partial charge in [-0.3, -0.25) is 14.9 Å². The van der Waals surface area contributed by atoms with Gasteiger partial charge < -0.3 is 9.84 Å². The number of ether oxygens (including phenoxy) is 1. The first-order valence-corrected chi connectivity index (χ1v) is 6.77. The Morgan fingerprint density at radius 1 is 1.35 bits per heavy atom. The average molecular weight is 314 g/mol. The number of hydroxylamine groups is 1. The molecule has 0 aromatic heterocycles. The summed E-state index contributed by atoms with van der Waals surface area (Å²) in [4.78, 5) is 24.3. The minimum absolute atomic E-state index is 0.00457. The number of benzene rings is 1. The Hall–Kier alpha value is -3.00. The monoisotopic (exact) mass is 314 g/mol. The molecule has 1 aromatic carbocycles. The fourth-order valence-corrected chi connectivity index (χ4v) is 1.87. The van der Waals surface area contributed by atoms with Crippen LogP contribution in [0.1, 0.15) is 12.0 Å². The number of cyclic esters (lactones) is 1. The number of carbonyl (C=O) groups excluding carboxylic acids is 2. The van der Waals surface area contributed by atoms with Crippen molar-refractivity contribution in [3.8, 4) is 23.7 Å². The highest BCUT2D eigenvalue weighted by molar-refractivity contribution is 5.95. The first-order valence-electron chi connectivity index (χ1n) is 6.77. The summed E-state index contributed by atoms with van der Waals surface area (Å²) in [5.74, 6) is 10.0. The van der Waals surface area contributed by atoms with Crippen LogP contribution in [-0.4, -0.2) is 41.6 Å². The molecule has 0 radical (unpaired) electrons. The molecule has 7 heteroatoms. The van der Waals surface area contributed by atoms with Crippen molar-refractivity contribution in [2.75, 3.05) is 18.1 Å². The minimum atomic E-state index is -1.05. The van der Waals surface area contributed by atoms with Gasteiger partial charge in [0.1, 0.15) is 0 Å². The molecule has 23 heavy (non-hydrogen) atoms. The standard InChI is InChI=1S/C16H14N2O5/c19-10-4-2-1-3-5-12-6-8-13(9-7-12)18-11-14(15(20)17-22)23-16(18)21/h6-9,14,19,22H,4,10-11H2,(H,17,20)/t14-/m0/s1. The molecule has 0 aliphatic carbocycles. The number of nitrogens with zero attached hydrogens (tertiary/aromatic N) is 1. The second kappa shape index (κ2) is 7.85. The Bertz CT molecular complexity index is 706. The van der Waals surface area contributed by atoms with E-state index in [9.17, 15) is 9.59 Å². The quantitative estimate of drug-likeness (QED) is 0.422. The molecule has 1 atom stereocenters. The Labute approximate surface area is 132 Å². The van der Waals surface area contributed by atoms with Crippen LogP contribution in [0.5, 0.6) is 0 Å². The first-order chi connectivity index (χ1) is 11.2. The van der Waals surface area contributed by atoms with E-state index < -0.39 is 18.1 Å². The summed E-state index contributed by atoms with van der Waals surface area (Å²) in [5.41, 5.74) is 2.72. The van der Waals surface area contributed by atoms with Gasteiger partial charge in [0.25, 0.3) is 5.91 Å². The molecule has 2 amide bonds. The summed E-state index contributed by atoms with van der Waals surface area (Å²) >= 11 is 0. The van der Waals surface area contributed by atoms with Crippen LogP contribution in [0.2, 0.25) is 0 Å². The zero-order valence-electron chi connectivity index (χ0n) is 12.1. The summed E-state index contributed by atoms with van der Waals surface area (Å²) in [6.45, 7) is 0.0213. The van der Waals surface area contributed by atoms with Crippen molar-refractivity contribution in [3.63, 3.8) is 0 Å². The number of hydrogen-bond acceptors (Lipinski definition) is 5. The maximum Gasteiger partial charge on any atom is 0.415 e. The van der Waals surface area contributed by atoms with Crippen LogP contribution in [0.3, 0.4) is 0 Å². The van der Waals surface area contributed by atoms with Crippen LogP contribution in [0.25, 0.3) is 0 Å². The summed E-state index contributed by atoms with van der Waals surface area (Å²) in [6.07, 6.45) is -1.33. The maximum atomic E-state index is 11.7. The molecule has 3 N–H and O–H groups in total. The van der Waals surface area contributed by atoms with Gasteiger partial charge in [-0.15, -0.1) is 0 Å². The first kappa shape index (κ1) is 16.4. The fraction of sp³-hybridized carbons (Fsp3) is 0.250. The number of carbonyl (C=O) groups is 2. The lowest BCUT2D eigenvalue weighted by atomic mass is 10.2. The zero-order valence-corrected chi connectivity index (χ0v) is 12.1. The predicted octanol–water partition coefficient (Wildman–Crippen LogP) is 0.254. The number of rotatable bonds is 3. The van der Waals surface area contributed by atoms with E-state index in [1.165, 1.54) is 10.4 Å². The van der Waals surface area contributed by atoms with E-state index in [1.807, 2.05) is 0 Å². The third-order valence-corrected chi connectivity index (χ3v) is 2.99. The van der Waals surface area contributed by atoms with Crippen molar-refractivity contribution >= 4 is 17.7 Å². The number of amides is 2. The molecule has 1 aliphatic heterocycles. The molecule has 7 nitrogen and oxygen atoms in total. The van der Waals surface area contributed by atoms with E-state index in [2.05, 4.69) is 23.7 Å². The predicted molar refractivity (Wildman–Crippen MR) is 80.3 cm³/mol. The van der Waals surface area contributed by atoms with E-state index in [-0.39, 0.29) is 13.2 Å². The van der Waals surface area contributed by atoms with Gasteiger partial charge in [0, 0.05) is 17.7 Å². The van der Waals surface area contributed by atoms with Crippen LogP contribution in [0, 0.1) is 23.7 Å². The highest BCUT2D eigenvalue weighted by Gasteiger charge is 2.36. The van der Waals surface area contributed by atoms with E-state index in [0.717, 1.165) is 0 Å². The third-order valence-electron chi connectivity index (χ3n) is 2.99. The Kier molecular flexibility index (Phi) is 5.59. The van der Waals surface area contributed by atoms with Crippen molar-refractivity contribution in [1.82, 2.24) is 5.48 Å². The van der Waals surface area contributed by atoms with Crippen LogP contribution < -0.4 is 10.4 Å². The van der Waals surface area contributed by atoms with Crippen molar-refractivity contribution in [2.45, 2.75) is 12.5 Å². The number of aliphatic hydroxyl groups excluding tert-OH is 1. The zero-order chi connectivity index (χ0) is 16.7. The second-order valence-corrected chi connectivity index (χ2v) is 4.53. The van der Waals surface area contributed by atoms with Gasteiger partial charge in [0.2, 0.25) is 6.10 Å². The number of aliphatic hydroxyl groups is 1. The lowest BCUT2D eigenvalue weighted by Crippen LogP contribution is -2.35. The fourth-order valence-electron chi connectivity index (χ4n) is 1.87. The molecule has 1 aromatic rings. The molecule has 2 rings (SSSR count). The molecule has 0 bridgehead atoms. The van der Waals surface area contributed by atoms with Gasteiger partial charge in [-0.2, -0.15) is 0 Å². The smallest absolute Gasteiger partial charge is 0.415 e. The largest absolute Gasteiger partial charge is 0.434 e. The molecular weight excluding hydrogens is 300 g/mol. The Morgan fingerprint density at radius 2 is 2.09 bits per heavy atom. The highest BCUT2D eigenvalue weighted by Crippen LogP contribution is 2.22.